The molecule has 2 aliphatic rings. The van der Waals surface area contributed by atoms with Crippen LogP contribution in [0, 0.1) is 0 Å². The Bertz CT molecular complexity index is 1150. The summed E-state index contributed by atoms with van der Waals surface area (Å²) >= 11 is 1.23. The molecule has 0 radical (unpaired) electrons. The lowest BCUT2D eigenvalue weighted by molar-refractivity contribution is -0.185. The molecule has 0 spiro atoms. The van der Waals surface area contributed by atoms with Crippen molar-refractivity contribution >= 4 is 40.4 Å². The van der Waals surface area contributed by atoms with E-state index >= 15 is 0 Å². The molecule has 2 aromatic rings. The molecule has 3 atom stereocenters. The van der Waals surface area contributed by atoms with E-state index < -0.39 is 29.0 Å². The number of amides is 1. The standard InChI is InChI=1S/C23H21NO8S2/c1-14(30-20(26)13-29-15-6-4-3-5-7-15)31-22(27)21-23(33-19-12-18(25)24(19)21)32-16-8-10-17(11-9-16)34(2)28/h3-11,14,19H,12-13H2,1-2H3/t14-,19-,34?/m0/s1. The molecule has 2 heterocycles. The number of esters is 2. The maximum absolute atomic E-state index is 12.9. The zero-order chi connectivity index (χ0) is 24.2. The Morgan fingerprint density at radius 3 is 2.44 bits per heavy atom. The fourth-order valence-corrected chi connectivity index (χ4v) is 4.96. The monoisotopic (exact) mass is 503 g/mol. The maximum Gasteiger partial charge on any atom is 0.362 e. The summed E-state index contributed by atoms with van der Waals surface area (Å²) in [6, 6.07) is 15.3. The fourth-order valence-electron chi connectivity index (χ4n) is 3.20. The van der Waals surface area contributed by atoms with Gasteiger partial charge in [0.1, 0.15) is 11.5 Å². The van der Waals surface area contributed by atoms with Gasteiger partial charge in [0.2, 0.25) is 12.2 Å². The second kappa shape index (κ2) is 10.3. The Kier molecular flexibility index (Phi) is 7.23. The van der Waals surface area contributed by atoms with Gasteiger partial charge in [-0.25, -0.2) is 9.59 Å². The summed E-state index contributed by atoms with van der Waals surface area (Å²) in [4.78, 5) is 38.9. The van der Waals surface area contributed by atoms with E-state index in [1.165, 1.54) is 23.6 Å². The van der Waals surface area contributed by atoms with Crippen molar-refractivity contribution in [3.63, 3.8) is 0 Å². The number of nitrogens with zero attached hydrogens (tertiary/aromatic N) is 1. The molecule has 178 valence electrons. The van der Waals surface area contributed by atoms with E-state index in [1.807, 2.05) is 6.07 Å². The van der Waals surface area contributed by atoms with Gasteiger partial charge in [0.15, 0.2) is 17.4 Å². The van der Waals surface area contributed by atoms with Crippen molar-refractivity contribution in [3.8, 4) is 11.5 Å². The number of hydrogen-bond donors (Lipinski definition) is 0. The van der Waals surface area contributed by atoms with Crippen molar-refractivity contribution in [1.82, 2.24) is 4.90 Å². The Morgan fingerprint density at radius 1 is 1.09 bits per heavy atom. The fraction of sp³-hybridized carbons (Fsp3) is 0.261. The predicted octanol–water partition coefficient (Wildman–Crippen LogP) is 2.79. The molecule has 11 heteroatoms. The summed E-state index contributed by atoms with van der Waals surface area (Å²) in [5, 5.41) is -0.0539. The molecule has 1 unspecified atom stereocenters. The predicted molar refractivity (Wildman–Crippen MR) is 123 cm³/mol. The highest BCUT2D eigenvalue weighted by Gasteiger charge is 2.50. The van der Waals surface area contributed by atoms with Gasteiger partial charge in [-0.3, -0.25) is 13.9 Å². The van der Waals surface area contributed by atoms with Crippen molar-refractivity contribution in [2.45, 2.75) is 29.9 Å². The highest BCUT2D eigenvalue weighted by molar-refractivity contribution is 8.03. The number of carbonyl (C=O) groups excluding carboxylic acids is 3. The Morgan fingerprint density at radius 2 is 1.79 bits per heavy atom. The van der Waals surface area contributed by atoms with Gasteiger partial charge >= 0.3 is 11.9 Å². The van der Waals surface area contributed by atoms with Crippen LogP contribution in [0.3, 0.4) is 0 Å². The summed E-state index contributed by atoms with van der Waals surface area (Å²) in [7, 11) is -1.14. The third-order valence-corrected chi connectivity index (χ3v) is 6.89. The molecule has 0 aliphatic carbocycles. The van der Waals surface area contributed by atoms with Crippen LogP contribution in [0.1, 0.15) is 13.3 Å². The number of fused-ring (bicyclic) bond motifs is 1. The van der Waals surface area contributed by atoms with Crippen LogP contribution in [-0.4, -0.2) is 51.5 Å². The first-order valence-electron chi connectivity index (χ1n) is 10.2. The molecular formula is C23H21NO8S2. The number of ether oxygens (including phenoxy) is 4. The third-order valence-electron chi connectivity index (χ3n) is 4.81. The first-order chi connectivity index (χ1) is 16.3. The van der Waals surface area contributed by atoms with Crippen LogP contribution in [0.5, 0.6) is 11.5 Å². The summed E-state index contributed by atoms with van der Waals surface area (Å²) in [6.07, 6.45) is 0.619. The van der Waals surface area contributed by atoms with E-state index in [2.05, 4.69) is 0 Å². The summed E-state index contributed by atoms with van der Waals surface area (Å²) in [5.74, 6) is -0.898. The smallest absolute Gasteiger partial charge is 0.362 e. The van der Waals surface area contributed by atoms with Gasteiger partial charge in [-0.2, -0.15) is 0 Å². The lowest BCUT2D eigenvalue weighted by Crippen LogP contribution is -2.49. The zero-order valence-electron chi connectivity index (χ0n) is 18.3. The van der Waals surface area contributed by atoms with E-state index in [0.717, 1.165) is 0 Å². The number of benzene rings is 2. The Balaban J connectivity index is 1.39. The van der Waals surface area contributed by atoms with Crippen LogP contribution in [0.4, 0.5) is 0 Å². The summed E-state index contributed by atoms with van der Waals surface area (Å²) in [5.41, 5.74) is -0.0437. The quantitative estimate of drug-likeness (QED) is 0.290. The van der Waals surface area contributed by atoms with Gasteiger partial charge < -0.3 is 18.9 Å². The molecule has 0 N–H and O–H groups in total. The molecule has 1 saturated heterocycles. The number of rotatable bonds is 9. The van der Waals surface area contributed by atoms with Crippen LogP contribution < -0.4 is 9.47 Å². The molecule has 0 saturated carbocycles. The molecule has 9 nitrogen and oxygen atoms in total. The second-order valence-electron chi connectivity index (χ2n) is 7.27. The second-order valence-corrected chi connectivity index (χ2v) is 9.80. The van der Waals surface area contributed by atoms with Gasteiger partial charge in [-0.15, -0.1) is 0 Å². The van der Waals surface area contributed by atoms with Crippen molar-refractivity contribution in [1.29, 1.82) is 0 Å². The van der Waals surface area contributed by atoms with Gasteiger partial charge in [-0.1, -0.05) is 30.0 Å². The molecule has 1 fully saturated rings. The van der Waals surface area contributed by atoms with Crippen molar-refractivity contribution in [2.75, 3.05) is 12.9 Å². The molecule has 0 aromatic heterocycles. The molecule has 0 bridgehead atoms. The Labute approximate surface area is 202 Å². The lowest BCUT2D eigenvalue weighted by atomic mass is 10.2. The highest BCUT2D eigenvalue weighted by Crippen LogP contribution is 2.47. The third kappa shape index (κ3) is 5.42. The SMILES string of the molecule is C[C@@H](OC(=O)COc1ccccc1)OC(=O)C1=C(Oc2ccc(S(C)=O)cc2)S[C@H]2CC(=O)N12. The van der Waals surface area contributed by atoms with Crippen LogP contribution in [0.25, 0.3) is 0 Å². The molecule has 2 aromatic carbocycles. The normalized spacial score (nSPS) is 18.5. The largest absolute Gasteiger partial charge is 0.482 e. The summed E-state index contributed by atoms with van der Waals surface area (Å²) in [6.45, 7) is 1.03. The average Bonchev–Trinajstić information content (AvgIpc) is 3.10. The number of carbonyl (C=O) groups is 3. The zero-order valence-corrected chi connectivity index (χ0v) is 19.9. The number of thioether (sulfide) groups is 1. The molecule has 4 rings (SSSR count). The van der Waals surface area contributed by atoms with Gasteiger partial charge in [0.25, 0.3) is 0 Å². The van der Waals surface area contributed by atoms with Crippen molar-refractivity contribution in [2.24, 2.45) is 0 Å². The number of hydrogen-bond acceptors (Lipinski definition) is 9. The topological polar surface area (TPSA) is 108 Å². The minimum atomic E-state index is -1.22. The highest BCUT2D eigenvalue weighted by atomic mass is 32.2. The van der Waals surface area contributed by atoms with Gasteiger partial charge in [0.05, 0.1) is 11.8 Å². The average molecular weight is 504 g/mol. The van der Waals surface area contributed by atoms with Gasteiger partial charge in [-0.05, 0) is 36.4 Å². The van der Waals surface area contributed by atoms with Gasteiger partial charge in [0, 0.05) is 28.9 Å². The van der Waals surface area contributed by atoms with E-state index in [-0.39, 0.29) is 35.1 Å². The Hall–Kier alpha value is -3.31. The number of β-lactam (4-membered cyclic amide) rings is 1. The molecular weight excluding hydrogens is 482 g/mol. The van der Waals surface area contributed by atoms with E-state index in [0.29, 0.717) is 16.4 Å². The first-order valence-corrected chi connectivity index (χ1v) is 12.7. The van der Waals surface area contributed by atoms with Crippen molar-refractivity contribution in [3.05, 3.63) is 65.4 Å². The minimum absolute atomic E-state index is 0.0437. The molecule has 2 aliphatic heterocycles. The van der Waals surface area contributed by atoms with E-state index in [4.69, 9.17) is 18.9 Å². The van der Waals surface area contributed by atoms with E-state index in [9.17, 15) is 18.6 Å². The molecule has 34 heavy (non-hydrogen) atoms. The van der Waals surface area contributed by atoms with E-state index in [1.54, 1.807) is 54.8 Å². The van der Waals surface area contributed by atoms with Crippen LogP contribution in [-0.2, 0) is 34.7 Å². The lowest BCUT2D eigenvalue weighted by Gasteiger charge is -2.34. The molecule has 1 amide bonds. The minimum Gasteiger partial charge on any atom is -0.482 e. The maximum atomic E-state index is 12.9. The van der Waals surface area contributed by atoms with Crippen LogP contribution in [0.15, 0.2) is 70.3 Å². The number of para-hydroxylation sites is 1. The first kappa shape index (κ1) is 23.8. The summed E-state index contributed by atoms with van der Waals surface area (Å²) < 4.78 is 33.1. The van der Waals surface area contributed by atoms with Crippen molar-refractivity contribution < 1.29 is 37.5 Å². The van der Waals surface area contributed by atoms with Crippen LogP contribution in [0.2, 0.25) is 0 Å². The van der Waals surface area contributed by atoms with Crippen LogP contribution >= 0.6 is 11.8 Å².